The van der Waals surface area contributed by atoms with Gasteiger partial charge in [0.1, 0.15) is 0 Å². The van der Waals surface area contributed by atoms with Gasteiger partial charge in [-0.3, -0.25) is 9.59 Å². The molecule has 1 fully saturated rings. The molecule has 0 bridgehead atoms. The Morgan fingerprint density at radius 1 is 1.45 bits per heavy atom. The topological polar surface area (TPSA) is 57.6 Å². The zero-order valence-corrected chi connectivity index (χ0v) is 12.3. The molecule has 1 N–H and O–H groups in total. The first-order chi connectivity index (χ1) is 9.41. The summed E-state index contributed by atoms with van der Waals surface area (Å²) in [6.07, 6.45) is 0.0396. The van der Waals surface area contributed by atoms with E-state index < -0.39 is 17.9 Å². The van der Waals surface area contributed by atoms with Gasteiger partial charge in [0.05, 0.1) is 12.0 Å². The molecule has 20 heavy (non-hydrogen) atoms. The highest BCUT2D eigenvalue weighted by Gasteiger charge is 2.45. The lowest BCUT2D eigenvalue weighted by Gasteiger charge is -2.29. The predicted octanol–water partition coefficient (Wildman–Crippen LogP) is 2.97. The fraction of sp³-hybridized carbons (Fsp3) is 0.467. The van der Waals surface area contributed by atoms with Crippen molar-refractivity contribution in [3.8, 4) is 0 Å². The molecule has 0 aliphatic carbocycles. The molecular formula is C15H18ClNO3. The maximum Gasteiger partial charge on any atom is 0.309 e. The van der Waals surface area contributed by atoms with Gasteiger partial charge in [0.25, 0.3) is 0 Å². The minimum absolute atomic E-state index is 0.0396. The first-order valence-corrected chi connectivity index (χ1v) is 7.06. The first kappa shape index (κ1) is 14.9. The van der Waals surface area contributed by atoms with Gasteiger partial charge in [-0.2, -0.15) is 0 Å². The molecule has 1 aromatic carbocycles. The van der Waals surface area contributed by atoms with Crippen LogP contribution >= 0.6 is 11.6 Å². The summed E-state index contributed by atoms with van der Waals surface area (Å²) in [7, 11) is 0. The van der Waals surface area contributed by atoms with Crippen LogP contribution in [0.1, 0.15) is 31.9 Å². The zero-order chi connectivity index (χ0) is 14.9. The molecule has 1 aliphatic heterocycles. The SMILES string of the molecule is CC(C)CN1C(=O)CC(C(=O)O)C1c1ccccc1Cl. The summed E-state index contributed by atoms with van der Waals surface area (Å²) in [6, 6.07) is 6.67. The van der Waals surface area contributed by atoms with Gasteiger partial charge in [-0.15, -0.1) is 0 Å². The highest BCUT2D eigenvalue weighted by Crippen LogP contribution is 2.41. The summed E-state index contributed by atoms with van der Waals surface area (Å²) in [5.74, 6) is -1.52. The number of hydrogen-bond acceptors (Lipinski definition) is 2. The quantitative estimate of drug-likeness (QED) is 0.929. The van der Waals surface area contributed by atoms with Crippen molar-refractivity contribution in [2.24, 2.45) is 11.8 Å². The lowest BCUT2D eigenvalue weighted by molar-refractivity contribution is -0.142. The number of halogens is 1. The number of carboxylic acids is 1. The van der Waals surface area contributed by atoms with E-state index >= 15 is 0 Å². The molecule has 1 heterocycles. The molecule has 1 amide bonds. The van der Waals surface area contributed by atoms with Crippen LogP contribution in [0, 0.1) is 11.8 Å². The van der Waals surface area contributed by atoms with E-state index in [2.05, 4.69) is 0 Å². The first-order valence-electron chi connectivity index (χ1n) is 6.68. The van der Waals surface area contributed by atoms with E-state index in [0.29, 0.717) is 17.1 Å². The van der Waals surface area contributed by atoms with Crippen LogP contribution in [-0.4, -0.2) is 28.4 Å². The number of amides is 1. The number of benzene rings is 1. The fourth-order valence-corrected chi connectivity index (χ4v) is 2.97. The third-order valence-electron chi connectivity index (χ3n) is 3.53. The Kier molecular flexibility index (Phi) is 4.33. The monoisotopic (exact) mass is 295 g/mol. The van der Waals surface area contributed by atoms with E-state index in [1.54, 1.807) is 23.1 Å². The molecule has 5 heteroatoms. The van der Waals surface area contributed by atoms with Gasteiger partial charge in [-0.25, -0.2) is 0 Å². The van der Waals surface area contributed by atoms with Crippen molar-refractivity contribution in [1.29, 1.82) is 0 Å². The van der Waals surface area contributed by atoms with Crippen LogP contribution < -0.4 is 0 Å². The second-order valence-corrected chi connectivity index (χ2v) is 5.96. The molecule has 0 saturated carbocycles. The molecule has 2 rings (SSSR count). The number of likely N-dealkylation sites (tertiary alicyclic amines) is 1. The summed E-state index contributed by atoms with van der Waals surface area (Å²) in [5, 5.41) is 9.89. The summed E-state index contributed by atoms with van der Waals surface area (Å²) < 4.78 is 0. The van der Waals surface area contributed by atoms with Crippen molar-refractivity contribution in [2.75, 3.05) is 6.54 Å². The average molecular weight is 296 g/mol. The van der Waals surface area contributed by atoms with Crippen LogP contribution in [0.2, 0.25) is 5.02 Å². The van der Waals surface area contributed by atoms with Gasteiger partial charge in [0.15, 0.2) is 0 Å². The number of carbonyl (C=O) groups excluding carboxylic acids is 1. The van der Waals surface area contributed by atoms with E-state index in [9.17, 15) is 14.7 Å². The molecule has 1 aromatic rings. The van der Waals surface area contributed by atoms with E-state index in [-0.39, 0.29) is 18.2 Å². The second-order valence-electron chi connectivity index (χ2n) is 5.56. The van der Waals surface area contributed by atoms with Crippen LogP contribution in [0.3, 0.4) is 0 Å². The molecular weight excluding hydrogens is 278 g/mol. The lowest BCUT2D eigenvalue weighted by atomic mass is 9.93. The Hall–Kier alpha value is -1.55. The molecule has 0 aromatic heterocycles. The van der Waals surface area contributed by atoms with Gasteiger partial charge >= 0.3 is 5.97 Å². The van der Waals surface area contributed by atoms with Crippen LogP contribution in [0.4, 0.5) is 0 Å². The third-order valence-corrected chi connectivity index (χ3v) is 3.88. The van der Waals surface area contributed by atoms with Crippen molar-refractivity contribution in [3.63, 3.8) is 0 Å². The number of aliphatic carboxylic acids is 1. The summed E-state index contributed by atoms with van der Waals surface area (Å²) in [4.78, 5) is 25.2. The molecule has 1 aliphatic rings. The highest BCUT2D eigenvalue weighted by atomic mass is 35.5. The summed E-state index contributed by atoms with van der Waals surface area (Å²) >= 11 is 6.19. The van der Waals surface area contributed by atoms with Crippen LogP contribution in [0.25, 0.3) is 0 Å². The van der Waals surface area contributed by atoms with Gasteiger partial charge in [-0.05, 0) is 17.5 Å². The summed E-state index contributed by atoms with van der Waals surface area (Å²) in [5.41, 5.74) is 0.716. The van der Waals surface area contributed by atoms with Crippen LogP contribution in [-0.2, 0) is 9.59 Å². The van der Waals surface area contributed by atoms with Crippen molar-refractivity contribution in [2.45, 2.75) is 26.3 Å². The number of rotatable bonds is 4. The smallest absolute Gasteiger partial charge is 0.309 e. The zero-order valence-electron chi connectivity index (χ0n) is 11.5. The minimum atomic E-state index is -0.950. The Morgan fingerprint density at radius 3 is 2.65 bits per heavy atom. The van der Waals surface area contributed by atoms with E-state index in [0.717, 1.165) is 0 Å². The Labute approximate surface area is 123 Å². The van der Waals surface area contributed by atoms with Crippen LogP contribution in [0.5, 0.6) is 0 Å². The number of carbonyl (C=O) groups is 2. The number of hydrogen-bond donors (Lipinski definition) is 1. The number of carboxylic acid groups (broad SMARTS) is 1. The normalized spacial score (nSPS) is 22.6. The fourth-order valence-electron chi connectivity index (χ4n) is 2.72. The minimum Gasteiger partial charge on any atom is -0.481 e. The Balaban J connectivity index is 2.43. The van der Waals surface area contributed by atoms with E-state index in [1.807, 2.05) is 19.9 Å². The van der Waals surface area contributed by atoms with Crippen LogP contribution in [0.15, 0.2) is 24.3 Å². The molecule has 1 saturated heterocycles. The number of nitrogens with zero attached hydrogens (tertiary/aromatic N) is 1. The molecule has 2 unspecified atom stereocenters. The van der Waals surface area contributed by atoms with E-state index in [4.69, 9.17) is 11.6 Å². The standard InChI is InChI=1S/C15H18ClNO3/c1-9(2)8-17-13(18)7-11(15(19)20)14(17)10-5-3-4-6-12(10)16/h3-6,9,11,14H,7-8H2,1-2H3,(H,19,20). The highest BCUT2D eigenvalue weighted by molar-refractivity contribution is 6.31. The largest absolute Gasteiger partial charge is 0.481 e. The van der Waals surface area contributed by atoms with Gasteiger partial charge < -0.3 is 10.0 Å². The molecule has 2 atom stereocenters. The second kappa shape index (κ2) is 5.83. The Bertz CT molecular complexity index is 530. The molecule has 0 radical (unpaired) electrons. The maximum absolute atomic E-state index is 12.1. The van der Waals surface area contributed by atoms with Gasteiger partial charge in [0.2, 0.25) is 5.91 Å². The molecule has 0 spiro atoms. The predicted molar refractivity (Wildman–Crippen MR) is 76.5 cm³/mol. The van der Waals surface area contributed by atoms with Gasteiger partial charge in [-0.1, -0.05) is 43.6 Å². The van der Waals surface area contributed by atoms with Crippen molar-refractivity contribution >= 4 is 23.5 Å². The van der Waals surface area contributed by atoms with Gasteiger partial charge in [0, 0.05) is 18.0 Å². The van der Waals surface area contributed by atoms with Crippen molar-refractivity contribution in [1.82, 2.24) is 4.90 Å². The molecule has 108 valence electrons. The maximum atomic E-state index is 12.1. The third kappa shape index (κ3) is 2.80. The van der Waals surface area contributed by atoms with Crippen molar-refractivity contribution in [3.05, 3.63) is 34.9 Å². The molecule has 4 nitrogen and oxygen atoms in total. The summed E-state index contributed by atoms with van der Waals surface area (Å²) in [6.45, 7) is 4.55. The Morgan fingerprint density at radius 2 is 2.10 bits per heavy atom. The van der Waals surface area contributed by atoms with Crippen molar-refractivity contribution < 1.29 is 14.7 Å². The van der Waals surface area contributed by atoms with E-state index in [1.165, 1.54) is 0 Å². The lowest BCUT2D eigenvalue weighted by Crippen LogP contribution is -2.33. The average Bonchev–Trinajstić information content (AvgIpc) is 2.67.